The van der Waals surface area contributed by atoms with Crippen LogP contribution in [-0.4, -0.2) is 46.1 Å². The number of aliphatic hydroxyl groups excluding tert-OH is 3. The van der Waals surface area contributed by atoms with Crippen LogP contribution in [0.4, 0.5) is 0 Å². The molecule has 0 fully saturated rings. The Morgan fingerprint density at radius 2 is 0.612 bits per heavy atom. The number of aliphatic hydroxyl groups is 3. The molecule has 3 unspecified atom stereocenters. The zero-order chi connectivity index (χ0) is 48.6. The number of unbranched alkanes of at least 4 members (excludes halogenated alkanes) is 49. The third-order valence-electron chi connectivity index (χ3n) is 14.8. The molecule has 0 saturated carbocycles. The molecule has 0 saturated heterocycles. The summed E-state index contributed by atoms with van der Waals surface area (Å²) < 4.78 is 0. The van der Waals surface area contributed by atoms with Crippen molar-refractivity contribution in [2.75, 3.05) is 6.61 Å². The number of hydrogen-bond acceptors (Lipinski definition) is 4. The zero-order valence-electron chi connectivity index (χ0n) is 45.8. The second kappa shape index (κ2) is 57.7. The van der Waals surface area contributed by atoms with E-state index in [9.17, 15) is 20.1 Å². The molecule has 67 heavy (non-hydrogen) atoms. The minimum absolute atomic E-state index is 0.0197. The van der Waals surface area contributed by atoms with Crippen LogP contribution in [-0.2, 0) is 4.79 Å². The van der Waals surface area contributed by atoms with Crippen LogP contribution in [0.25, 0.3) is 0 Å². The number of hydrogen-bond donors (Lipinski definition) is 4. The van der Waals surface area contributed by atoms with Gasteiger partial charge in [-0.2, -0.15) is 0 Å². The normalized spacial score (nSPS) is 13.2. The van der Waals surface area contributed by atoms with Gasteiger partial charge in [0, 0.05) is 0 Å². The smallest absolute Gasteiger partial charge is 0.222 e. The lowest BCUT2D eigenvalue weighted by Crippen LogP contribution is -2.45. The van der Waals surface area contributed by atoms with Crippen molar-refractivity contribution in [3.8, 4) is 0 Å². The number of carbonyl (C=O) groups is 1. The molecule has 0 heterocycles. The average Bonchev–Trinajstić information content (AvgIpc) is 3.32. The highest BCUT2D eigenvalue weighted by Gasteiger charge is 2.20. The minimum atomic E-state index is -0.926. The molecule has 0 aromatic carbocycles. The molecular formula is C62H123NO4. The highest BCUT2D eigenvalue weighted by molar-refractivity contribution is 5.76. The molecule has 5 nitrogen and oxygen atoms in total. The Balaban J connectivity index is 3.49. The van der Waals surface area contributed by atoms with Crippen LogP contribution in [0.15, 0.2) is 12.2 Å². The second-order valence-corrected chi connectivity index (χ2v) is 21.7. The quantitative estimate of drug-likeness (QED) is 0.0361. The first-order chi connectivity index (χ1) is 33.0. The number of nitrogens with one attached hydrogen (secondary N) is 1. The fourth-order valence-electron chi connectivity index (χ4n) is 10.1. The Morgan fingerprint density at radius 1 is 0.373 bits per heavy atom. The molecular weight excluding hydrogens is 823 g/mol. The molecule has 3 atom stereocenters. The van der Waals surface area contributed by atoms with E-state index < -0.39 is 18.2 Å². The molecule has 0 aliphatic carbocycles. The molecule has 0 spiro atoms. The maximum absolute atomic E-state index is 12.5. The summed E-state index contributed by atoms with van der Waals surface area (Å²) in [5, 5.41) is 33.5. The molecule has 0 aromatic rings. The monoisotopic (exact) mass is 946 g/mol. The topological polar surface area (TPSA) is 89.8 Å². The SMILES string of the molecule is CCCCCCCCCCCCCCCCCCCCCC/C=C/C(O)C(CO)NC(=O)CC(O)CCCCCCCCCCCCCCCCCCCCCCCCCCCCCCCC. The molecule has 4 N–H and O–H groups in total. The standard InChI is InChI=1S/C62H123NO4/c1-3-5-7-9-11-13-15-17-19-21-23-25-27-28-29-30-31-32-33-34-35-37-39-41-43-45-47-49-51-53-55-59(65)57-62(67)63-60(58-64)61(66)56-54-52-50-48-46-44-42-40-38-36-26-24-22-20-18-16-14-12-10-8-6-4-2/h54,56,59-61,64-66H,3-53,55,57-58H2,1-2H3,(H,63,67)/b56-54+. The fourth-order valence-corrected chi connectivity index (χ4v) is 10.1. The number of allylic oxidation sites excluding steroid dienone is 1. The summed E-state index contributed by atoms with van der Waals surface area (Å²) in [5.41, 5.74) is 0. The van der Waals surface area contributed by atoms with Crippen LogP contribution in [0.5, 0.6) is 0 Å². The maximum Gasteiger partial charge on any atom is 0.222 e. The van der Waals surface area contributed by atoms with E-state index in [1.165, 1.54) is 302 Å². The van der Waals surface area contributed by atoms with Crippen LogP contribution in [0, 0.1) is 0 Å². The molecule has 0 aliphatic heterocycles. The van der Waals surface area contributed by atoms with Gasteiger partial charge in [0.25, 0.3) is 0 Å². The zero-order valence-corrected chi connectivity index (χ0v) is 45.8. The van der Waals surface area contributed by atoms with Crippen LogP contribution in [0.1, 0.15) is 354 Å². The van der Waals surface area contributed by atoms with Gasteiger partial charge < -0.3 is 20.6 Å². The Morgan fingerprint density at radius 3 is 0.866 bits per heavy atom. The summed E-state index contributed by atoms with van der Waals surface area (Å²) in [6.07, 6.45) is 72.9. The van der Waals surface area contributed by atoms with E-state index in [2.05, 4.69) is 19.2 Å². The van der Waals surface area contributed by atoms with Gasteiger partial charge >= 0.3 is 0 Å². The lowest BCUT2D eigenvalue weighted by molar-refractivity contribution is -0.124. The number of carbonyl (C=O) groups excluding carboxylic acids is 1. The number of amides is 1. The third-order valence-corrected chi connectivity index (χ3v) is 14.8. The van der Waals surface area contributed by atoms with E-state index in [4.69, 9.17) is 0 Å². The summed E-state index contributed by atoms with van der Waals surface area (Å²) in [6.45, 7) is 4.27. The molecule has 0 rings (SSSR count). The van der Waals surface area contributed by atoms with Crippen molar-refractivity contribution in [2.24, 2.45) is 0 Å². The predicted octanol–water partition coefficient (Wildman–Crippen LogP) is 19.5. The molecule has 5 heteroatoms. The van der Waals surface area contributed by atoms with Crippen molar-refractivity contribution in [3.63, 3.8) is 0 Å². The summed E-state index contributed by atoms with van der Waals surface area (Å²) in [5.74, 6) is -0.307. The highest BCUT2D eigenvalue weighted by atomic mass is 16.3. The van der Waals surface area contributed by atoms with E-state index in [1.807, 2.05) is 6.08 Å². The van der Waals surface area contributed by atoms with Crippen LogP contribution >= 0.6 is 0 Å². The van der Waals surface area contributed by atoms with Gasteiger partial charge in [-0.15, -0.1) is 0 Å². The third kappa shape index (κ3) is 54.3. The molecule has 0 aromatic heterocycles. The molecule has 0 radical (unpaired) electrons. The summed E-state index contributed by atoms with van der Waals surface area (Å²) in [4.78, 5) is 12.5. The number of rotatable bonds is 58. The van der Waals surface area contributed by atoms with Gasteiger partial charge in [-0.25, -0.2) is 0 Å². The van der Waals surface area contributed by atoms with E-state index in [-0.39, 0.29) is 18.9 Å². The van der Waals surface area contributed by atoms with Gasteiger partial charge in [-0.1, -0.05) is 341 Å². The van der Waals surface area contributed by atoms with Crippen LogP contribution in [0.3, 0.4) is 0 Å². The van der Waals surface area contributed by atoms with Gasteiger partial charge in [0.15, 0.2) is 0 Å². The van der Waals surface area contributed by atoms with Crippen molar-refractivity contribution in [1.82, 2.24) is 5.32 Å². The van der Waals surface area contributed by atoms with Crippen LogP contribution < -0.4 is 5.32 Å². The van der Waals surface area contributed by atoms with Gasteiger partial charge in [-0.05, 0) is 19.3 Å². The van der Waals surface area contributed by atoms with Gasteiger partial charge in [0.2, 0.25) is 5.91 Å². The predicted molar refractivity (Wildman–Crippen MR) is 296 cm³/mol. The average molecular weight is 947 g/mol. The largest absolute Gasteiger partial charge is 0.394 e. The first-order valence-electron chi connectivity index (χ1n) is 31.0. The van der Waals surface area contributed by atoms with Crippen molar-refractivity contribution in [1.29, 1.82) is 0 Å². The lowest BCUT2D eigenvalue weighted by Gasteiger charge is -2.21. The van der Waals surface area contributed by atoms with E-state index >= 15 is 0 Å². The van der Waals surface area contributed by atoms with Crippen molar-refractivity contribution in [2.45, 2.75) is 372 Å². The van der Waals surface area contributed by atoms with E-state index in [0.29, 0.717) is 6.42 Å². The lowest BCUT2D eigenvalue weighted by atomic mass is 10.0. The Kier molecular flexibility index (Phi) is 56.9. The van der Waals surface area contributed by atoms with Gasteiger partial charge in [0.1, 0.15) is 0 Å². The molecule has 0 bridgehead atoms. The first-order valence-corrected chi connectivity index (χ1v) is 31.0. The molecule has 400 valence electrons. The van der Waals surface area contributed by atoms with Gasteiger partial charge in [0.05, 0.1) is 31.3 Å². The van der Waals surface area contributed by atoms with E-state index in [0.717, 1.165) is 25.7 Å². The Labute approximate surface area is 420 Å². The van der Waals surface area contributed by atoms with Crippen LogP contribution in [0.2, 0.25) is 0 Å². The van der Waals surface area contributed by atoms with Gasteiger partial charge in [-0.3, -0.25) is 4.79 Å². The fraction of sp³-hybridized carbons (Fsp3) is 0.952. The van der Waals surface area contributed by atoms with Crippen molar-refractivity contribution < 1.29 is 20.1 Å². The highest BCUT2D eigenvalue weighted by Crippen LogP contribution is 2.19. The maximum atomic E-state index is 12.5. The Bertz CT molecular complexity index is 956. The summed E-state index contributed by atoms with van der Waals surface area (Å²) >= 11 is 0. The second-order valence-electron chi connectivity index (χ2n) is 21.7. The van der Waals surface area contributed by atoms with Crippen molar-refractivity contribution >= 4 is 5.91 Å². The van der Waals surface area contributed by atoms with E-state index in [1.54, 1.807) is 6.08 Å². The minimum Gasteiger partial charge on any atom is -0.394 e. The first kappa shape index (κ1) is 66.1. The Hall–Kier alpha value is -0.910. The molecule has 0 aliphatic rings. The van der Waals surface area contributed by atoms with Crippen molar-refractivity contribution in [3.05, 3.63) is 12.2 Å². The molecule has 1 amide bonds. The summed E-state index contributed by atoms with van der Waals surface area (Å²) in [6, 6.07) is -0.742. The summed E-state index contributed by atoms with van der Waals surface area (Å²) in [7, 11) is 0.